The molecule has 0 spiro atoms. The molecule has 0 radical (unpaired) electrons. The van der Waals surface area contributed by atoms with E-state index in [9.17, 15) is 9.90 Å². The first-order chi connectivity index (χ1) is 12.5. The van der Waals surface area contributed by atoms with Gasteiger partial charge in [-0.1, -0.05) is 30.3 Å². The molecule has 3 aromatic rings. The fraction of sp³-hybridized carbons (Fsp3) is 0.316. The number of aryl methyl sites for hydroxylation is 2. The van der Waals surface area contributed by atoms with Gasteiger partial charge >= 0.3 is 5.97 Å². The van der Waals surface area contributed by atoms with Crippen molar-refractivity contribution in [3.63, 3.8) is 0 Å². The molecule has 2 heterocycles. The van der Waals surface area contributed by atoms with Gasteiger partial charge in [0.1, 0.15) is 21.3 Å². The maximum Gasteiger partial charge on any atom is 0.348 e. The zero-order valence-corrected chi connectivity index (χ0v) is 15.8. The quantitative estimate of drug-likeness (QED) is 0.671. The normalized spacial score (nSPS) is 10.9. The molecule has 7 heteroatoms. The highest BCUT2D eigenvalue weighted by molar-refractivity contribution is 7.20. The van der Waals surface area contributed by atoms with Crippen molar-refractivity contribution in [2.75, 3.05) is 25.2 Å². The summed E-state index contributed by atoms with van der Waals surface area (Å²) in [7, 11) is 1.37. The molecular weight excluding hydrogens is 350 g/mol. The molecule has 0 saturated carbocycles. The van der Waals surface area contributed by atoms with Gasteiger partial charge in [-0.05, 0) is 25.0 Å². The zero-order valence-electron chi connectivity index (χ0n) is 15.0. The number of aliphatic hydroxyl groups excluding tert-OH is 1. The summed E-state index contributed by atoms with van der Waals surface area (Å²) in [6.45, 7) is 4.76. The molecule has 0 amide bonds. The first-order valence-electron chi connectivity index (χ1n) is 8.31. The van der Waals surface area contributed by atoms with Crippen molar-refractivity contribution in [3.8, 4) is 0 Å². The molecule has 0 aliphatic rings. The Morgan fingerprint density at radius 3 is 2.62 bits per heavy atom. The van der Waals surface area contributed by atoms with Gasteiger partial charge in [-0.2, -0.15) is 0 Å². The molecule has 0 aliphatic heterocycles. The second kappa shape index (κ2) is 7.80. The van der Waals surface area contributed by atoms with Crippen LogP contribution in [-0.4, -0.2) is 41.3 Å². The van der Waals surface area contributed by atoms with Crippen LogP contribution in [0.1, 0.15) is 26.6 Å². The van der Waals surface area contributed by atoms with E-state index in [-0.39, 0.29) is 12.6 Å². The van der Waals surface area contributed by atoms with E-state index in [1.807, 2.05) is 49.1 Å². The lowest BCUT2D eigenvalue weighted by molar-refractivity contribution is 0.0605. The molecule has 0 saturated heterocycles. The molecule has 136 valence electrons. The van der Waals surface area contributed by atoms with Crippen LogP contribution in [0.25, 0.3) is 10.2 Å². The molecule has 0 unspecified atom stereocenters. The number of rotatable bonds is 6. The van der Waals surface area contributed by atoms with E-state index < -0.39 is 0 Å². The van der Waals surface area contributed by atoms with Crippen LogP contribution in [-0.2, 0) is 11.3 Å². The third kappa shape index (κ3) is 3.54. The van der Waals surface area contributed by atoms with Gasteiger partial charge in [-0.25, -0.2) is 14.8 Å². The van der Waals surface area contributed by atoms with Gasteiger partial charge in [0.25, 0.3) is 0 Å². The maximum atomic E-state index is 12.1. The Bertz CT molecular complexity index is 925. The van der Waals surface area contributed by atoms with Gasteiger partial charge in [0.15, 0.2) is 0 Å². The van der Waals surface area contributed by atoms with Gasteiger partial charge in [0.05, 0.1) is 19.1 Å². The molecule has 0 atom stereocenters. The molecule has 1 N–H and O–H groups in total. The fourth-order valence-electron chi connectivity index (χ4n) is 2.92. The zero-order chi connectivity index (χ0) is 18.7. The number of esters is 1. The molecule has 1 aromatic carbocycles. The maximum absolute atomic E-state index is 12.1. The first kappa shape index (κ1) is 18.3. The van der Waals surface area contributed by atoms with Crippen LogP contribution in [0.2, 0.25) is 0 Å². The number of fused-ring (bicyclic) bond motifs is 1. The van der Waals surface area contributed by atoms with Crippen LogP contribution in [0.5, 0.6) is 0 Å². The molecule has 0 aliphatic carbocycles. The fourth-order valence-corrected chi connectivity index (χ4v) is 4.06. The van der Waals surface area contributed by atoms with Gasteiger partial charge in [-0.3, -0.25) is 0 Å². The molecule has 26 heavy (non-hydrogen) atoms. The Labute approximate surface area is 156 Å². The first-order valence-corrected chi connectivity index (χ1v) is 9.12. The van der Waals surface area contributed by atoms with Gasteiger partial charge in [-0.15, -0.1) is 11.3 Å². The number of aromatic nitrogens is 2. The number of thiophene rings is 1. The van der Waals surface area contributed by atoms with Gasteiger partial charge < -0.3 is 14.7 Å². The van der Waals surface area contributed by atoms with Crippen LogP contribution in [0, 0.1) is 13.8 Å². The van der Waals surface area contributed by atoms with Crippen molar-refractivity contribution in [1.82, 2.24) is 9.97 Å². The summed E-state index contributed by atoms with van der Waals surface area (Å²) >= 11 is 1.31. The average Bonchev–Trinajstić information content (AvgIpc) is 2.97. The predicted molar refractivity (Wildman–Crippen MR) is 103 cm³/mol. The van der Waals surface area contributed by atoms with Crippen LogP contribution in [0.3, 0.4) is 0 Å². The number of carbonyl (C=O) groups excluding carboxylic acids is 1. The Hall–Kier alpha value is -2.51. The van der Waals surface area contributed by atoms with E-state index in [1.54, 1.807) is 0 Å². The van der Waals surface area contributed by atoms with Crippen molar-refractivity contribution in [2.24, 2.45) is 0 Å². The van der Waals surface area contributed by atoms with E-state index >= 15 is 0 Å². The van der Waals surface area contributed by atoms with E-state index in [4.69, 9.17) is 4.74 Å². The topological polar surface area (TPSA) is 75.5 Å². The van der Waals surface area contributed by atoms with Gasteiger partial charge in [0.2, 0.25) is 0 Å². The second-order valence-electron chi connectivity index (χ2n) is 5.95. The second-order valence-corrected chi connectivity index (χ2v) is 6.95. The van der Waals surface area contributed by atoms with E-state index in [2.05, 4.69) is 9.97 Å². The van der Waals surface area contributed by atoms with Crippen molar-refractivity contribution < 1.29 is 14.6 Å². The number of hydrogen-bond donors (Lipinski definition) is 1. The SMILES string of the molecule is COC(=O)c1sc2nc(C)nc(N(CCO)Cc3ccccc3)c2c1C. The van der Waals surface area contributed by atoms with Crippen LogP contribution in [0.4, 0.5) is 5.82 Å². The Morgan fingerprint density at radius 1 is 1.23 bits per heavy atom. The Balaban J connectivity index is 2.14. The lowest BCUT2D eigenvalue weighted by Gasteiger charge is -2.24. The monoisotopic (exact) mass is 371 g/mol. The number of carbonyl (C=O) groups is 1. The highest BCUT2D eigenvalue weighted by Crippen LogP contribution is 2.36. The summed E-state index contributed by atoms with van der Waals surface area (Å²) < 4.78 is 4.89. The minimum Gasteiger partial charge on any atom is -0.465 e. The Morgan fingerprint density at radius 2 is 1.96 bits per heavy atom. The summed E-state index contributed by atoms with van der Waals surface area (Å²) in [6.07, 6.45) is 0. The largest absolute Gasteiger partial charge is 0.465 e. The number of ether oxygens (including phenoxy) is 1. The molecule has 2 aromatic heterocycles. The van der Waals surface area contributed by atoms with Crippen molar-refractivity contribution >= 4 is 33.3 Å². The lowest BCUT2D eigenvalue weighted by Crippen LogP contribution is -2.27. The molecule has 3 rings (SSSR count). The number of methoxy groups -OCH3 is 1. The van der Waals surface area contributed by atoms with Gasteiger partial charge in [0, 0.05) is 13.1 Å². The summed E-state index contributed by atoms with van der Waals surface area (Å²) in [4.78, 5) is 24.5. The number of anilines is 1. The number of aliphatic hydroxyl groups is 1. The highest BCUT2D eigenvalue weighted by atomic mass is 32.1. The third-order valence-electron chi connectivity index (χ3n) is 4.14. The van der Waals surface area contributed by atoms with E-state index in [0.717, 1.165) is 27.2 Å². The van der Waals surface area contributed by atoms with Crippen molar-refractivity contribution in [1.29, 1.82) is 0 Å². The average molecular weight is 371 g/mol. The molecule has 0 bridgehead atoms. The van der Waals surface area contributed by atoms with E-state index in [1.165, 1.54) is 18.4 Å². The molecule has 6 nitrogen and oxygen atoms in total. The number of hydrogen-bond acceptors (Lipinski definition) is 7. The van der Waals surface area contributed by atoms with Crippen LogP contribution >= 0.6 is 11.3 Å². The van der Waals surface area contributed by atoms with Crippen LogP contribution < -0.4 is 4.90 Å². The summed E-state index contributed by atoms with van der Waals surface area (Å²) in [5, 5.41) is 10.4. The minimum absolute atomic E-state index is 0.00439. The molecular formula is C19H21N3O3S. The van der Waals surface area contributed by atoms with Crippen molar-refractivity contribution in [2.45, 2.75) is 20.4 Å². The minimum atomic E-state index is -0.370. The number of nitrogens with zero attached hydrogens (tertiary/aromatic N) is 3. The number of benzene rings is 1. The smallest absolute Gasteiger partial charge is 0.348 e. The molecule has 0 fully saturated rings. The van der Waals surface area contributed by atoms with E-state index in [0.29, 0.717) is 23.8 Å². The summed E-state index contributed by atoms with van der Waals surface area (Å²) in [5.74, 6) is 0.987. The lowest BCUT2D eigenvalue weighted by atomic mass is 10.1. The third-order valence-corrected chi connectivity index (χ3v) is 5.31. The summed E-state index contributed by atoms with van der Waals surface area (Å²) in [5.41, 5.74) is 1.93. The predicted octanol–water partition coefficient (Wildman–Crippen LogP) is 3.09. The highest BCUT2D eigenvalue weighted by Gasteiger charge is 2.23. The Kier molecular flexibility index (Phi) is 5.49. The van der Waals surface area contributed by atoms with Crippen LogP contribution in [0.15, 0.2) is 30.3 Å². The standard InChI is InChI=1S/C19H21N3O3S/c1-12-15-17(22(9-10-23)11-14-7-5-4-6-8-14)20-13(2)21-18(15)26-16(12)19(24)25-3/h4-8,23H,9-11H2,1-3H3. The summed E-state index contributed by atoms with van der Waals surface area (Å²) in [6, 6.07) is 10.0. The van der Waals surface area contributed by atoms with Crippen molar-refractivity contribution in [3.05, 3.63) is 52.2 Å².